The average molecular weight is 593 g/mol. The molecule has 0 saturated carbocycles. The summed E-state index contributed by atoms with van der Waals surface area (Å²) in [5.41, 5.74) is 2.41. The maximum atomic E-state index is 13.7. The molecule has 44 heavy (non-hydrogen) atoms. The molecule has 228 valence electrons. The van der Waals surface area contributed by atoms with Crippen LogP contribution < -0.4 is 0 Å². The lowest BCUT2D eigenvalue weighted by atomic mass is 9.88. The van der Waals surface area contributed by atoms with Gasteiger partial charge in [-0.1, -0.05) is 78.9 Å². The van der Waals surface area contributed by atoms with E-state index in [0.29, 0.717) is 43.7 Å². The summed E-state index contributed by atoms with van der Waals surface area (Å²) >= 11 is 0. The summed E-state index contributed by atoms with van der Waals surface area (Å²) in [4.78, 5) is 43.1. The molecule has 5 rings (SSSR count). The van der Waals surface area contributed by atoms with Crippen LogP contribution in [0, 0.1) is 5.92 Å². The number of ether oxygens (including phenoxy) is 2. The van der Waals surface area contributed by atoms with Crippen molar-refractivity contribution >= 4 is 28.7 Å². The second kappa shape index (κ2) is 13.3. The fraction of sp³-hybridized carbons (Fsp3) is 0.324. The van der Waals surface area contributed by atoms with E-state index >= 15 is 0 Å². The molecule has 1 heterocycles. The highest BCUT2D eigenvalue weighted by molar-refractivity contribution is 5.98. The maximum absolute atomic E-state index is 13.7. The van der Waals surface area contributed by atoms with Gasteiger partial charge in [-0.2, -0.15) is 0 Å². The van der Waals surface area contributed by atoms with Gasteiger partial charge >= 0.3 is 12.1 Å². The number of carbonyl (C=O) groups is 3. The molecule has 0 bridgehead atoms. The number of benzene rings is 4. The standard InChI is InChI=1S/C37H40N2O5/c1-37(2,3)44-36(42)38(21-20-28-16-10-15-26-14-8-9-19-32(26)28)23-31-24-39(25-33(31)27-12-6-5-7-13-27)34(40)29-17-11-18-30(22-29)35(41)43-4/h5-19,22,31,33H,20-21,23-25H2,1-4H3. The summed E-state index contributed by atoms with van der Waals surface area (Å²) in [6.07, 6.45) is 0.312. The van der Waals surface area contributed by atoms with Gasteiger partial charge in [0.1, 0.15) is 5.60 Å². The molecule has 0 spiro atoms. The van der Waals surface area contributed by atoms with Crippen LogP contribution in [0.15, 0.2) is 97.1 Å². The zero-order valence-electron chi connectivity index (χ0n) is 25.9. The molecule has 0 aliphatic carbocycles. The summed E-state index contributed by atoms with van der Waals surface area (Å²) in [5, 5.41) is 2.34. The molecule has 0 radical (unpaired) electrons. The number of fused-ring (bicyclic) bond motifs is 1. The van der Waals surface area contributed by atoms with Crippen LogP contribution in [0.4, 0.5) is 4.79 Å². The number of carbonyl (C=O) groups excluding carboxylic acids is 3. The van der Waals surface area contributed by atoms with Gasteiger partial charge in [0, 0.05) is 43.6 Å². The third-order valence-corrected chi connectivity index (χ3v) is 8.12. The highest BCUT2D eigenvalue weighted by atomic mass is 16.6. The normalized spacial score (nSPS) is 16.5. The Morgan fingerprint density at radius 2 is 1.52 bits per heavy atom. The van der Waals surface area contributed by atoms with Crippen molar-refractivity contribution < 1.29 is 23.9 Å². The minimum atomic E-state index is -0.643. The van der Waals surface area contributed by atoms with Crippen molar-refractivity contribution in [1.82, 2.24) is 9.80 Å². The van der Waals surface area contributed by atoms with Crippen molar-refractivity contribution in [2.45, 2.75) is 38.7 Å². The van der Waals surface area contributed by atoms with Crippen LogP contribution in [-0.2, 0) is 15.9 Å². The molecule has 4 aromatic rings. The first-order chi connectivity index (χ1) is 21.1. The van der Waals surface area contributed by atoms with E-state index < -0.39 is 11.6 Å². The molecule has 2 atom stereocenters. The van der Waals surface area contributed by atoms with Crippen LogP contribution in [0.5, 0.6) is 0 Å². The van der Waals surface area contributed by atoms with Gasteiger partial charge in [0.05, 0.1) is 12.7 Å². The van der Waals surface area contributed by atoms with Crippen molar-refractivity contribution in [3.63, 3.8) is 0 Å². The number of rotatable bonds is 8. The van der Waals surface area contributed by atoms with Gasteiger partial charge in [-0.3, -0.25) is 4.79 Å². The first kappa shape index (κ1) is 30.8. The SMILES string of the molecule is COC(=O)c1cccc(C(=O)N2CC(CN(CCc3cccc4ccccc34)C(=O)OC(C)(C)C)C(c3ccccc3)C2)c1. The van der Waals surface area contributed by atoms with Crippen LogP contribution in [-0.4, -0.2) is 66.7 Å². The number of esters is 1. The lowest BCUT2D eigenvalue weighted by Gasteiger charge is -2.31. The van der Waals surface area contributed by atoms with Crippen molar-refractivity contribution in [3.8, 4) is 0 Å². The first-order valence-corrected chi connectivity index (χ1v) is 15.1. The third-order valence-electron chi connectivity index (χ3n) is 8.12. The van der Waals surface area contributed by atoms with Gasteiger partial charge in [-0.15, -0.1) is 0 Å². The number of amides is 2. The van der Waals surface area contributed by atoms with E-state index in [-0.39, 0.29) is 23.8 Å². The van der Waals surface area contributed by atoms with Crippen molar-refractivity contribution in [2.24, 2.45) is 5.92 Å². The highest BCUT2D eigenvalue weighted by Crippen LogP contribution is 2.35. The van der Waals surface area contributed by atoms with E-state index in [1.807, 2.05) is 56.0 Å². The van der Waals surface area contributed by atoms with E-state index in [1.54, 1.807) is 29.2 Å². The van der Waals surface area contributed by atoms with Gasteiger partial charge in [-0.05, 0) is 67.3 Å². The minimum Gasteiger partial charge on any atom is -0.465 e. The second-order valence-corrected chi connectivity index (χ2v) is 12.4. The number of likely N-dealkylation sites (tertiary alicyclic amines) is 1. The van der Waals surface area contributed by atoms with Gasteiger partial charge < -0.3 is 19.3 Å². The van der Waals surface area contributed by atoms with Crippen LogP contribution in [0.3, 0.4) is 0 Å². The Hall–Kier alpha value is -4.65. The monoisotopic (exact) mass is 592 g/mol. The van der Waals surface area contributed by atoms with Crippen molar-refractivity contribution in [3.05, 3.63) is 119 Å². The molecule has 2 amide bonds. The van der Waals surface area contributed by atoms with Gasteiger partial charge in [0.25, 0.3) is 5.91 Å². The molecule has 0 aromatic heterocycles. The zero-order chi connectivity index (χ0) is 31.3. The fourth-order valence-corrected chi connectivity index (χ4v) is 6.01. The lowest BCUT2D eigenvalue weighted by Crippen LogP contribution is -2.42. The van der Waals surface area contributed by atoms with E-state index in [9.17, 15) is 14.4 Å². The molecule has 0 N–H and O–H groups in total. The van der Waals surface area contributed by atoms with Crippen LogP contribution in [0.2, 0.25) is 0 Å². The summed E-state index contributed by atoms with van der Waals surface area (Å²) < 4.78 is 10.7. The quantitative estimate of drug-likeness (QED) is 0.207. The Morgan fingerprint density at radius 1 is 0.841 bits per heavy atom. The Bertz CT molecular complexity index is 1620. The van der Waals surface area contributed by atoms with E-state index in [0.717, 1.165) is 5.56 Å². The molecule has 4 aromatic carbocycles. The van der Waals surface area contributed by atoms with Crippen molar-refractivity contribution in [2.75, 3.05) is 33.3 Å². The first-order valence-electron chi connectivity index (χ1n) is 15.1. The van der Waals surface area contributed by atoms with Crippen LogP contribution in [0.25, 0.3) is 10.8 Å². The molecule has 1 saturated heterocycles. The predicted octanol–water partition coefficient (Wildman–Crippen LogP) is 6.96. The summed E-state index contributed by atoms with van der Waals surface area (Å²) in [6, 6.07) is 31.3. The number of hydrogen-bond acceptors (Lipinski definition) is 5. The topological polar surface area (TPSA) is 76.2 Å². The maximum Gasteiger partial charge on any atom is 0.410 e. The van der Waals surface area contributed by atoms with Gasteiger partial charge in [0.2, 0.25) is 0 Å². The molecule has 1 aliphatic rings. The Balaban J connectivity index is 1.41. The predicted molar refractivity (Wildman–Crippen MR) is 172 cm³/mol. The summed E-state index contributed by atoms with van der Waals surface area (Å²) in [5.74, 6) is -0.643. The zero-order valence-corrected chi connectivity index (χ0v) is 25.9. The summed E-state index contributed by atoms with van der Waals surface area (Å²) in [7, 11) is 1.32. The number of methoxy groups -OCH3 is 1. The van der Waals surface area contributed by atoms with Crippen LogP contribution in [0.1, 0.15) is 58.5 Å². The summed E-state index contributed by atoms with van der Waals surface area (Å²) in [6.45, 7) is 7.51. The molecular formula is C37H40N2O5. The number of nitrogens with zero attached hydrogens (tertiary/aromatic N) is 2. The molecule has 7 heteroatoms. The molecule has 1 aliphatic heterocycles. The Morgan fingerprint density at radius 3 is 2.27 bits per heavy atom. The molecule has 1 fully saturated rings. The molecular weight excluding hydrogens is 552 g/mol. The Kier molecular flexibility index (Phi) is 9.33. The van der Waals surface area contributed by atoms with Crippen molar-refractivity contribution in [1.29, 1.82) is 0 Å². The minimum absolute atomic E-state index is 0.0198. The molecule has 7 nitrogen and oxygen atoms in total. The molecule has 2 unspecified atom stereocenters. The second-order valence-electron chi connectivity index (χ2n) is 12.4. The Labute approximate surface area is 259 Å². The fourth-order valence-electron chi connectivity index (χ4n) is 6.01. The largest absolute Gasteiger partial charge is 0.465 e. The van der Waals surface area contributed by atoms with E-state index in [4.69, 9.17) is 9.47 Å². The smallest absolute Gasteiger partial charge is 0.410 e. The third kappa shape index (κ3) is 7.28. The average Bonchev–Trinajstić information content (AvgIpc) is 3.45. The van der Waals surface area contributed by atoms with Gasteiger partial charge in [0.15, 0.2) is 0 Å². The van der Waals surface area contributed by atoms with E-state index in [2.05, 4.69) is 42.5 Å². The number of hydrogen-bond donors (Lipinski definition) is 0. The van der Waals surface area contributed by atoms with Crippen LogP contribution >= 0.6 is 0 Å². The highest BCUT2D eigenvalue weighted by Gasteiger charge is 2.39. The van der Waals surface area contributed by atoms with E-state index in [1.165, 1.54) is 23.4 Å². The lowest BCUT2D eigenvalue weighted by molar-refractivity contribution is 0.0221. The van der Waals surface area contributed by atoms with Gasteiger partial charge in [-0.25, -0.2) is 9.59 Å².